The van der Waals surface area contributed by atoms with Gasteiger partial charge in [-0.2, -0.15) is 5.26 Å². The van der Waals surface area contributed by atoms with Crippen LogP contribution in [0.3, 0.4) is 0 Å². The molecule has 0 unspecified atom stereocenters. The molecule has 0 saturated heterocycles. The minimum Gasteiger partial charge on any atom is -0.493 e. The summed E-state index contributed by atoms with van der Waals surface area (Å²) in [4.78, 5) is 7.87. The van der Waals surface area contributed by atoms with Gasteiger partial charge in [-0.3, -0.25) is 0 Å². The van der Waals surface area contributed by atoms with Crippen molar-refractivity contribution in [3.63, 3.8) is 0 Å². The van der Waals surface area contributed by atoms with Crippen LogP contribution in [-0.2, 0) is 6.61 Å². The predicted octanol–water partition coefficient (Wildman–Crippen LogP) is 6.59. The number of methoxy groups -OCH3 is 1. The van der Waals surface area contributed by atoms with Crippen LogP contribution in [0, 0.1) is 25.2 Å². The molecule has 0 radical (unpaired) electrons. The summed E-state index contributed by atoms with van der Waals surface area (Å²) in [6, 6.07) is 20.0. The molecule has 32 heavy (non-hydrogen) atoms. The maximum atomic E-state index is 9.79. The lowest BCUT2D eigenvalue weighted by Crippen LogP contribution is -1.99. The molecular weight excluding hydrogens is 466 g/mol. The molecule has 0 saturated carbocycles. The van der Waals surface area contributed by atoms with Crippen LogP contribution in [0.5, 0.6) is 11.5 Å². The monoisotopic (exact) mass is 487 g/mol. The number of imidazole rings is 1. The lowest BCUT2D eigenvalue weighted by atomic mass is 10.1. The number of aromatic amines is 1. The molecule has 0 aliphatic rings. The number of allylic oxidation sites excluding steroid dienone is 1. The van der Waals surface area contributed by atoms with Crippen molar-refractivity contribution in [2.24, 2.45) is 0 Å². The van der Waals surface area contributed by atoms with Crippen LogP contribution in [0.25, 0.3) is 22.7 Å². The van der Waals surface area contributed by atoms with Crippen molar-refractivity contribution in [1.82, 2.24) is 9.97 Å². The summed E-state index contributed by atoms with van der Waals surface area (Å²) in [6.07, 6.45) is 1.78. The number of aryl methyl sites for hydroxylation is 2. The summed E-state index contributed by atoms with van der Waals surface area (Å²) in [5, 5.41) is 9.79. The van der Waals surface area contributed by atoms with E-state index in [1.165, 1.54) is 5.56 Å². The van der Waals surface area contributed by atoms with E-state index >= 15 is 0 Å². The molecule has 0 spiro atoms. The molecule has 1 heterocycles. The standard InChI is InChI=1S/C26H22BrN3O2/c1-16-9-22-23(10-17(16)2)30-26(29-22)20(14-28)11-19-12-21(27)25(24(13-19)31-3)32-15-18-7-5-4-6-8-18/h4-13H,15H2,1-3H3,(H,29,30)/b20-11+. The fourth-order valence-corrected chi connectivity index (χ4v) is 3.98. The summed E-state index contributed by atoms with van der Waals surface area (Å²) in [5.74, 6) is 1.73. The van der Waals surface area contributed by atoms with E-state index in [9.17, 15) is 5.26 Å². The molecule has 0 bridgehead atoms. The largest absolute Gasteiger partial charge is 0.493 e. The summed E-state index contributed by atoms with van der Waals surface area (Å²) < 4.78 is 12.3. The van der Waals surface area contributed by atoms with Crippen molar-refractivity contribution in [1.29, 1.82) is 5.26 Å². The Labute approximate surface area is 195 Å². The lowest BCUT2D eigenvalue weighted by Gasteiger charge is -2.14. The van der Waals surface area contributed by atoms with Gasteiger partial charge in [-0.1, -0.05) is 30.3 Å². The minimum absolute atomic E-state index is 0.423. The number of hydrogen-bond acceptors (Lipinski definition) is 4. The van der Waals surface area contributed by atoms with Gasteiger partial charge in [-0.25, -0.2) is 4.98 Å². The van der Waals surface area contributed by atoms with Gasteiger partial charge in [-0.05, 0) is 82.4 Å². The number of nitriles is 1. The third kappa shape index (κ3) is 4.53. The molecule has 0 atom stereocenters. The lowest BCUT2D eigenvalue weighted by molar-refractivity contribution is 0.282. The second kappa shape index (κ2) is 9.29. The fraction of sp³-hybridized carbons (Fsp3) is 0.154. The molecule has 3 aromatic carbocycles. The zero-order valence-corrected chi connectivity index (χ0v) is 19.7. The van der Waals surface area contributed by atoms with Crippen LogP contribution in [-0.4, -0.2) is 17.1 Å². The Balaban J connectivity index is 1.66. The third-order valence-electron chi connectivity index (χ3n) is 5.26. The average Bonchev–Trinajstić information content (AvgIpc) is 3.19. The maximum Gasteiger partial charge on any atom is 0.175 e. The first-order chi connectivity index (χ1) is 15.5. The van der Waals surface area contributed by atoms with Crippen molar-refractivity contribution in [2.45, 2.75) is 20.5 Å². The number of benzene rings is 3. The molecule has 6 heteroatoms. The number of H-pyrrole nitrogens is 1. The third-order valence-corrected chi connectivity index (χ3v) is 5.85. The van der Waals surface area contributed by atoms with Gasteiger partial charge >= 0.3 is 0 Å². The van der Waals surface area contributed by atoms with Gasteiger partial charge in [0, 0.05) is 0 Å². The highest BCUT2D eigenvalue weighted by molar-refractivity contribution is 9.10. The highest BCUT2D eigenvalue weighted by Gasteiger charge is 2.14. The Morgan fingerprint density at radius 3 is 2.59 bits per heavy atom. The molecule has 0 fully saturated rings. The number of nitrogens with one attached hydrogen (secondary N) is 1. The predicted molar refractivity (Wildman–Crippen MR) is 131 cm³/mol. The van der Waals surface area contributed by atoms with Gasteiger partial charge in [0.25, 0.3) is 0 Å². The highest BCUT2D eigenvalue weighted by atomic mass is 79.9. The van der Waals surface area contributed by atoms with E-state index in [2.05, 4.69) is 51.9 Å². The number of halogens is 1. The number of ether oxygens (including phenoxy) is 2. The molecule has 1 N–H and O–H groups in total. The second-order valence-electron chi connectivity index (χ2n) is 7.52. The SMILES string of the molecule is COc1cc(/C=C(\C#N)c2nc3cc(C)c(C)cc3[nH]2)cc(Br)c1OCc1ccccc1. The molecule has 160 valence electrons. The Bertz CT molecular complexity index is 1310. The van der Waals surface area contributed by atoms with E-state index in [1.807, 2.05) is 48.5 Å². The topological polar surface area (TPSA) is 70.9 Å². The van der Waals surface area contributed by atoms with E-state index < -0.39 is 0 Å². The summed E-state index contributed by atoms with van der Waals surface area (Å²) in [5.41, 5.74) is 6.38. The first-order valence-corrected chi connectivity index (χ1v) is 10.9. The molecule has 4 aromatic rings. The molecule has 4 rings (SSSR count). The number of fused-ring (bicyclic) bond motifs is 1. The smallest absolute Gasteiger partial charge is 0.175 e. The Morgan fingerprint density at radius 2 is 1.88 bits per heavy atom. The van der Waals surface area contributed by atoms with Gasteiger partial charge in [-0.15, -0.1) is 0 Å². The van der Waals surface area contributed by atoms with E-state index in [4.69, 9.17) is 9.47 Å². The zero-order valence-electron chi connectivity index (χ0n) is 18.1. The van der Waals surface area contributed by atoms with Crippen LogP contribution in [0.15, 0.2) is 59.1 Å². The molecule has 5 nitrogen and oxygen atoms in total. The average molecular weight is 488 g/mol. The van der Waals surface area contributed by atoms with Crippen LogP contribution in [0.1, 0.15) is 28.1 Å². The van der Waals surface area contributed by atoms with Crippen LogP contribution in [0.4, 0.5) is 0 Å². The van der Waals surface area contributed by atoms with E-state index in [0.29, 0.717) is 29.5 Å². The quantitative estimate of drug-likeness (QED) is 0.311. The normalized spacial score (nSPS) is 11.4. The van der Waals surface area contributed by atoms with Crippen molar-refractivity contribution in [2.75, 3.05) is 7.11 Å². The van der Waals surface area contributed by atoms with Gasteiger partial charge in [0.15, 0.2) is 11.5 Å². The van der Waals surface area contributed by atoms with Crippen LogP contribution < -0.4 is 9.47 Å². The van der Waals surface area contributed by atoms with Gasteiger partial charge in [0.2, 0.25) is 0 Å². The Morgan fingerprint density at radius 1 is 1.12 bits per heavy atom. The maximum absolute atomic E-state index is 9.79. The van der Waals surface area contributed by atoms with E-state index in [0.717, 1.165) is 32.2 Å². The molecule has 0 amide bonds. The Hall–Kier alpha value is -3.56. The molecule has 0 aliphatic carbocycles. The van der Waals surface area contributed by atoms with Crippen molar-refractivity contribution in [3.8, 4) is 17.6 Å². The van der Waals surface area contributed by atoms with Crippen molar-refractivity contribution < 1.29 is 9.47 Å². The molecule has 1 aromatic heterocycles. The summed E-state index contributed by atoms with van der Waals surface area (Å²) in [6.45, 7) is 4.53. The van der Waals surface area contributed by atoms with Crippen LogP contribution in [0.2, 0.25) is 0 Å². The summed E-state index contributed by atoms with van der Waals surface area (Å²) in [7, 11) is 1.60. The van der Waals surface area contributed by atoms with Crippen molar-refractivity contribution >= 4 is 38.6 Å². The number of aromatic nitrogens is 2. The second-order valence-corrected chi connectivity index (χ2v) is 8.37. The zero-order chi connectivity index (χ0) is 22.7. The van der Waals surface area contributed by atoms with E-state index in [-0.39, 0.29) is 0 Å². The van der Waals surface area contributed by atoms with Crippen molar-refractivity contribution in [3.05, 3.63) is 87.1 Å². The van der Waals surface area contributed by atoms with Gasteiger partial charge in [0.1, 0.15) is 18.5 Å². The number of hydrogen-bond donors (Lipinski definition) is 1. The fourth-order valence-electron chi connectivity index (χ4n) is 3.41. The first kappa shape index (κ1) is 21.7. The number of nitrogens with zero attached hydrogens (tertiary/aromatic N) is 2. The summed E-state index contributed by atoms with van der Waals surface area (Å²) >= 11 is 3.58. The minimum atomic E-state index is 0.423. The van der Waals surface area contributed by atoms with Gasteiger partial charge < -0.3 is 14.5 Å². The molecular formula is C26H22BrN3O2. The highest BCUT2D eigenvalue weighted by Crippen LogP contribution is 2.38. The van der Waals surface area contributed by atoms with Gasteiger partial charge in [0.05, 0.1) is 28.2 Å². The molecule has 0 aliphatic heterocycles. The van der Waals surface area contributed by atoms with E-state index in [1.54, 1.807) is 13.2 Å². The van der Waals surface area contributed by atoms with Crippen LogP contribution >= 0.6 is 15.9 Å². The number of rotatable bonds is 6. The Kier molecular flexibility index (Phi) is 6.29. The first-order valence-electron chi connectivity index (χ1n) is 10.1.